The van der Waals surface area contributed by atoms with Crippen LogP contribution in [-0.4, -0.2) is 0 Å². The Kier molecular flexibility index (Phi) is 7.53. The second kappa shape index (κ2) is 9.45. The van der Waals surface area contributed by atoms with Gasteiger partial charge in [0.1, 0.15) is 5.41 Å². The minimum absolute atomic E-state index is 0.00295. The van der Waals surface area contributed by atoms with Crippen molar-refractivity contribution in [2.24, 2.45) is 0 Å². The topological polar surface area (TPSA) is 0 Å². The van der Waals surface area contributed by atoms with Crippen LogP contribution in [0.15, 0.2) is 48.5 Å². The highest BCUT2D eigenvalue weighted by atomic mass is 35.5. The molecule has 0 aromatic heterocycles. The van der Waals surface area contributed by atoms with E-state index in [4.69, 9.17) is 23.2 Å². The van der Waals surface area contributed by atoms with Crippen molar-refractivity contribution in [2.75, 3.05) is 0 Å². The van der Waals surface area contributed by atoms with Crippen LogP contribution in [0.4, 0.5) is 0 Å². The zero-order valence-corrected chi connectivity index (χ0v) is 25.6. The Morgan fingerprint density at radius 2 is 0.722 bits per heavy atom. The lowest BCUT2D eigenvalue weighted by Crippen LogP contribution is -2.17. The molecule has 0 aliphatic heterocycles. The normalized spacial score (nSPS) is 13.2. The average Bonchev–Trinajstić information content (AvgIpc) is 2.72. The van der Waals surface area contributed by atoms with E-state index in [0.29, 0.717) is 10.0 Å². The fraction of sp³-hybridized carbons (Fsp3) is 0.441. The number of halogens is 2. The molecule has 0 aliphatic carbocycles. The summed E-state index contributed by atoms with van der Waals surface area (Å²) in [7, 11) is 0. The summed E-state index contributed by atoms with van der Waals surface area (Å²) in [6.45, 7) is 28.9. The van der Waals surface area contributed by atoms with Gasteiger partial charge in [-0.05, 0) is 76.1 Å². The molecule has 0 aliphatic rings. The predicted molar refractivity (Wildman–Crippen MR) is 162 cm³/mol. The standard InChI is InChI=1S/C34H43Cl2/c1-31(2,3)23-13-21(14-24(17-23)32(4,5)6)27-19-30(36)28(20-29(27)35)22-15-25(33(7,8)9)18-26(16-22)34(10,11)12/h13-20H,1H2,2-12H3/q+1. The van der Waals surface area contributed by atoms with Gasteiger partial charge in [-0.2, -0.15) is 0 Å². The molecule has 0 bridgehead atoms. The van der Waals surface area contributed by atoms with E-state index in [9.17, 15) is 0 Å². The molecule has 0 amide bonds. The molecular weight excluding hydrogens is 479 g/mol. The summed E-state index contributed by atoms with van der Waals surface area (Å²) in [5.41, 5.74) is 8.96. The first-order chi connectivity index (χ1) is 16.2. The minimum Gasteiger partial charge on any atom is -0.0836 e. The molecule has 0 fully saturated rings. The van der Waals surface area contributed by atoms with Crippen LogP contribution < -0.4 is 0 Å². The van der Waals surface area contributed by atoms with Gasteiger partial charge < -0.3 is 0 Å². The summed E-state index contributed by atoms with van der Waals surface area (Å²) in [6.07, 6.45) is 0. The summed E-state index contributed by atoms with van der Waals surface area (Å²) in [5, 5.41) is 1.41. The Hall–Kier alpha value is -1.89. The highest BCUT2D eigenvalue weighted by Crippen LogP contribution is 2.42. The average molecular weight is 523 g/mol. The third-order valence-electron chi connectivity index (χ3n) is 6.92. The van der Waals surface area contributed by atoms with Gasteiger partial charge in [-0.3, -0.25) is 0 Å². The second-order valence-electron chi connectivity index (χ2n) is 14.0. The highest BCUT2D eigenvalue weighted by Gasteiger charge is 2.26. The van der Waals surface area contributed by atoms with Gasteiger partial charge >= 0.3 is 0 Å². The van der Waals surface area contributed by atoms with Gasteiger partial charge in [0.05, 0.1) is 6.92 Å². The molecule has 36 heavy (non-hydrogen) atoms. The molecular formula is C34H43Cl2+. The zero-order valence-electron chi connectivity index (χ0n) is 24.1. The third kappa shape index (κ3) is 6.32. The van der Waals surface area contributed by atoms with Crippen LogP contribution in [0.3, 0.4) is 0 Å². The van der Waals surface area contributed by atoms with Crippen LogP contribution in [0.25, 0.3) is 22.3 Å². The molecule has 0 atom stereocenters. The van der Waals surface area contributed by atoms with Gasteiger partial charge in [0, 0.05) is 26.7 Å². The van der Waals surface area contributed by atoms with E-state index in [1.54, 1.807) is 0 Å². The molecule has 0 radical (unpaired) electrons. The van der Waals surface area contributed by atoms with Crippen LogP contribution in [0.1, 0.15) is 98.4 Å². The number of rotatable bonds is 3. The molecule has 192 valence electrons. The van der Waals surface area contributed by atoms with Crippen molar-refractivity contribution >= 4 is 23.2 Å². The van der Waals surface area contributed by atoms with Gasteiger partial charge in [0.15, 0.2) is 0 Å². The molecule has 3 aromatic rings. The summed E-state index contributed by atoms with van der Waals surface area (Å²) in [4.78, 5) is 0. The maximum absolute atomic E-state index is 7.01. The van der Waals surface area contributed by atoms with E-state index >= 15 is 0 Å². The van der Waals surface area contributed by atoms with E-state index in [-0.39, 0.29) is 21.7 Å². The van der Waals surface area contributed by atoms with Crippen molar-refractivity contribution in [3.05, 3.63) is 87.8 Å². The van der Waals surface area contributed by atoms with Crippen LogP contribution in [0.2, 0.25) is 10.0 Å². The molecule has 2 heteroatoms. The van der Waals surface area contributed by atoms with Gasteiger partial charge in [0.25, 0.3) is 0 Å². The first-order valence-corrected chi connectivity index (χ1v) is 13.6. The first kappa shape index (κ1) is 28.7. The van der Waals surface area contributed by atoms with Crippen molar-refractivity contribution in [1.82, 2.24) is 0 Å². The Morgan fingerprint density at radius 3 is 1.00 bits per heavy atom. The fourth-order valence-corrected chi connectivity index (χ4v) is 4.79. The Labute approximate surface area is 230 Å². The predicted octanol–water partition coefficient (Wildman–Crippen LogP) is 11.3. The molecule has 0 N–H and O–H groups in total. The number of hydrogen-bond donors (Lipinski definition) is 0. The lowest BCUT2D eigenvalue weighted by Gasteiger charge is -2.26. The quantitative estimate of drug-likeness (QED) is 0.300. The fourth-order valence-electron chi connectivity index (χ4n) is 4.25. The van der Waals surface area contributed by atoms with E-state index in [1.807, 2.05) is 12.1 Å². The Morgan fingerprint density at radius 1 is 0.444 bits per heavy atom. The lowest BCUT2D eigenvalue weighted by atomic mass is 9.78. The van der Waals surface area contributed by atoms with Gasteiger partial charge in [-0.25, -0.2) is 0 Å². The van der Waals surface area contributed by atoms with Gasteiger partial charge in [0.2, 0.25) is 0 Å². The SMILES string of the molecule is [CH2+]C(C)(C)c1cc(-c2cc(Cl)c(-c3cc(C(C)(C)C)cc(C(C)(C)C)c3)cc2Cl)cc(C(C)(C)C)c1. The van der Waals surface area contributed by atoms with Gasteiger partial charge in [-0.1, -0.05) is 116 Å². The molecule has 3 aromatic carbocycles. The maximum atomic E-state index is 7.01. The molecule has 0 saturated carbocycles. The molecule has 0 saturated heterocycles. The minimum atomic E-state index is -0.219. The second-order valence-corrected chi connectivity index (χ2v) is 14.9. The first-order valence-electron chi connectivity index (χ1n) is 12.9. The molecule has 3 rings (SSSR count). The largest absolute Gasteiger partial charge is 0.125 e. The monoisotopic (exact) mass is 521 g/mol. The number of hydrogen-bond acceptors (Lipinski definition) is 0. The van der Waals surface area contributed by atoms with Crippen LogP contribution >= 0.6 is 23.2 Å². The summed E-state index contributed by atoms with van der Waals surface area (Å²) in [5.74, 6) is 0. The zero-order chi connectivity index (χ0) is 27.4. The van der Waals surface area contributed by atoms with Crippen LogP contribution in [-0.2, 0) is 21.7 Å². The molecule has 0 nitrogen and oxygen atoms in total. The Bertz CT molecular complexity index is 1100. The van der Waals surface area contributed by atoms with E-state index in [0.717, 1.165) is 22.3 Å². The van der Waals surface area contributed by atoms with Crippen molar-refractivity contribution in [3.63, 3.8) is 0 Å². The van der Waals surface area contributed by atoms with Gasteiger partial charge in [-0.15, -0.1) is 0 Å². The van der Waals surface area contributed by atoms with Crippen LogP contribution in [0.5, 0.6) is 0 Å². The number of benzene rings is 3. The smallest absolute Gasteiger partial charge is 0.0836 e. The van der Waals surface area contributed by atoms with E-state index in [1.165, 1.54) is 22.3 Å². The molecule has 0 unspecified atom stereocenters. The van der Waals surface area contributed by atoms with Crippen LogP contribution in [0, 0.1) is 6.92 Å². The van der Waals surface area contributed by atoms with E-state index in [2.05, 4.69) is 119 Å². The van der Waals surface area contributed by atoms with E-state index < -0.39 is 0 Å². The summed E-state index contributed by atoms with van der Waals surface area (Å²) < 4.78 is 0. The third-order valence-corrected chi connectivity index (χ3v) is 7.55. The maximum Gasteiger partial charge on any atom is 0.125 e. The van der Waals surface area contributed by atoms with Crippen molar-refractivity contribution in [2.45, 2.75) is 97.8 Å². The molecule has 0 heterocycles. The Balaban J connectivity index is 2.25. The highest BCUT2D eigenvalue weighted by molar-refractivity contribution is 6.37. The molecule has 0 spiro atoms. The summed E-state index contributed by atoms with van der Waals surface area (Å²) >= 11 is 14.0. The van der Waals surface area contributed by atoms with Crippen molar-refractivity contribution in [1.29, 1.82) is 0 Å². The lowest BCUT2D eigenvalue weighted by molar-refractivity contribution is 0.569. The summed E-state index contributed by atoms with van der Waals surface area (Å²) in [6, 6.07) is 17.6. The van der Waals surface area contributed by atoms with Crippen molar-refractivity contribution < 1.29 is 0 Å². The van der Waals surface area contributed by atoms with Crippen molar-refractivity contribution in [3.8, 4) is 22.3 Å².